The van der Waals surface area contributed by atoms with Crippen molar-refractivity contribution in [2.24, 2.45) is 0 Å². The fraction of sp³-hybridized carbons (Fsp3) is 0.333. The molecule has 0 spiro atoms. The van der Waals surface area contributed by atoms with E-state index in [4.69, 9.17) is 4.18 Å². The zero-order chi connectivity index (χ0) is 22.8. The molecule has 0 aliphatic carbocycles. The van der Waals surface area contributed by atoms with Crippen LogP contribution in [-0.4, -0.2) is 40.8 Å². The van der Waals surface area contributed by atoms with Gasteiger partial charge in [-0.3, -0.25) is 4.18 Å². The van der Waals surface area contributed by atoms with Gasteiger partial charge in [0.25, 0.3) is 20.1 Å². The van der Waals surface area contributed by atoms with Gasteiger partial charge >= 0.3 is 0 Å². The molecule has 0 fully saturated rings. The van der Waals surface area contributed by atoms with Crippen LogP contribution in [0.15, 0.2) is 51.6 Å². The van der Waals surface area contributed by atoms with Crippen molar-refractivity contribution in [3.63, 3.8) is 0 Å². The lowest BCUT2D eigenvalue weighted by Gasteiger charge is -2.21. The highest BCUT2D eigenvalue weighted by atomic mass is 32.2. The van der Waals surface area contributed by atoms with Gasteiger partial charge in [-0.05, 0) is 61.5 Å². The summed E-state index contributed by atoms with van der Waals surface area (Å²) >= 11 is 1.08. The molecule has 31 heavy (non-hydrogen) atoms. The zero-order valence-corrected chi connectivity index (χ0v) is 19.9. The predicted molar refractivity (Wildman–Crippen MR) is 120 cm³/mol. The number of sulfonamides is 1. The molecule has 3 rings (SSSR count). The molecule has 10 heteroatoms. The van der Waals surface area contributed by atoms with E-state index in [1.807, 2.05) is 13.8 Å². The molecule has 0 saturated heterocycles. The molecule has 0 saturated carbocycles. The number of fused-ring (bicyclic) bond motifs is 1. The first kappa shape index (κ1) is 23.8. The molecule has 0 bridgehead atoms. The van der Waals surface area contributed by atoms with Crippen LogP contribution in [0.1, 0.15) is 24.5 Å². The van der Waals surface area contributed by atoms with Crippen LogP contribution in [0.25, 0.3) is 10.1 Å². The number of benzene rings is 2. The highest BCUT2D eigenvalue weighted by molar-refractivity contribution is 7.91. The van der Waals surface area contributed by atoms with E-state index in [1.54, 1.807) is 25.1 Å². The first-order valence-electron chi connectivity index (χ1n) is 9.71. The van der Waals surface area contributed by atoms with Gasteiger partial charge in [-0.15, -0.1) is 11.3 Å². The van der Waals surface area contributed by atoms with E-state index in [9.17, 15) is 21.2 Å². The Morgan fingerprint density at radius 1 is 1.00 bits per heavy atom. The Balaban J connectivity index is 1.81. The number of nitrogens with zero attached hydrogens (tertiary/aromatic N) is 1. The number of rotatable bonds is 9. The van der Waals surface area contributed by atoms with Gasteiger partial charge in [-0.2, -0.15) is 12.7 Å². The third-order valence-electron chi connectivity index (χ3n) is 4.79. The summed E-state index contributed by atoms with van der Waals surface area (Å²) in [7, 11) is -7.89. The van der Waals surface area contributed by atoms with Crippen LogP contribution in [0.2, 0.25) is 0 Å². The van der Waals surface area contributed by atoms with Crippen molar-refractivity contribution in [2.45, 2.75) is 36.3 Å². The van der Waals surface area contributed by atoms with E-state index in [-0.39, 0.29) is 28.8 Å². The van der Waals surface area contributed by atoms with Crippen LogP contribution in [0, 0.1) is 19.7 Å². The number of aryl methyl sites for hydroxylation is 2. The van der Waals surface area contributed by atoms with Crippen molar-refractivity contribution in [1.29, 1.82) is 0 Å². The molecule has 0 radical (unpaired) electrons. The molecule has 1 aromatic heterocycles. The fourth-order valence-electron chi connectivity index (χ4n) is 3.16. The molecule has 0 N–H and O–H groups in total. The van der Waals surface area contributed by atoms with Crippen LogP contribution in [0.4, 0.5) is 4.39 Å². The molecule has 0 amide bonds. The lowest BCUT2D eigenvalue weighted by Crippen LogP contribution is -2.35. The Morgan fingerprint density at radius 3 is 2.32 bits per heavy atom. The van der Waals surface area contributed by atoms with Crippen molar-refractivity contribution >= 4 is 41.6 Å². The van der Waals surface area contributed by atoms with E-state index in [0.29, 0.717) is 22.1 Å². The quantitative estimate of drug-likeness (QED) is 0.418. The lowest BCUT2D eigenvalue weighted by molar-refractivity contribution is 0.275. The van der Waals surface area contributed by atoms with E-state index in [2.05, 4.69) is 0 Å². The summed E-state index contributed by atoms with van der Waals surface area (Å²) in [5.41, 5.74) is 1.39. The molecule has 168 valence electrons. The highest BCUT2D eigenvalue weighted by Gasteiger charge is 2.29. The van der Waals surface area contributed by atoms with Crippen molar-refractivity contribution in [1.82, 2.24) is 4.31 Å². The minimum absolute atomic E-state index is 0.0189. The first-order valence-corrected chi connectivity index (χ1v) is 13.4. The van der Waals surface area contributed by atoms with Gasteiger partial charge < -0.3 is 0 Å². The van der Waals surface area contributed by atoms with Gasteiger partial charge in [0, 0.05) is 17.8 Å². The standard InChI is InChI=1S/C21H24FNO5S3/c1-4-11-23(12-13-28-31(26,27)18-8-5-15(2)6-9-18)30(24,25)21-16(3)19-14-17(22)7-10-20(19)29-21/h5-10,14H,4,11-13H2,1-3H3. The van der Waals surface area contributed by atoms with Crippen molar-refractivity contribution < 1.29 is 25.4 Å². The van der Waals surface area contributed by atoms with Crippen LogP contribution in [-0.2, 0) is 24.3 Å². The van der Waals surface area contributed by atoms with Gasteiger partial charge in [0.1, 0.15) is 10.0 Å². The second kappa shape index (κ2) is 9.33. The molecule has 2 aromatic carbocycles. The largest absolute Gasteiger partial charge is 0.297 e. The Bertz CT molecular complexity index is 1280. The Morgan fingerprint density at radius 2 is 1.68 bits per heavy atom. The Kier molecular flexibility index (Phi) is 7.17. The first-order chi connectivity index (χ1) is 14.6. The molecular formula is C21H24FNO5S3. The summed E-state index contributed by atoms with van der Waals surface area (Å²) in [4.78, 5) is 0.0189. The molecule has 0 unspecified atom stereocenters. The topological polar surface area (TPSA) is 80.8 Å². The molecule has 3 aromatic rings. The van der Waals surface area contributed by atoms with E-state index in [1.165, 1.54) is 28.6 Å². The van der Waals surface area contributed by atoms with Crippen LogP contribution < -0.4 is 0 Å². The van der Waals surface area contributed by atoms with Gasteiger partial charge in [-0.25, -0.2) is 12.8 Å². The van der Waals surface area contributed by atoms with Crippen molar-refractivity contribution in [3.05, 3.63) is 59.4 Å². The molecule has 0 aliphatic heterocycles. The maximum Gasteiger partial charge on any atom is 0.297 e. The molecule has 0 aliphatic rings. The Labute approximate surface area is 186 Å². The fourth-order valence-corrected chi connectivity index (χ4v) is 7.45. The maximum atomic E-state index is 13.6. The van der Waals surface area contributed by atoms with E-state index >= 15 is 0 Å². The third-order valence-corrected chi connectivity index (χ3v) is 9.89. The number of hydrogen-bond donors (Lipinski definition) is 0. The average Bonchev–Trinajstić information content (AvgIpc) is 3.04. The minimum Gasteiger partial charge on any atom is -0.265 e. The summed E-state index contributed by atoms with van der Waals surface area (Å²) in [5, 5.41) is 0.554. The lowest BCUT2D eigenvalue weighted by atomic mass is 10.2. The van der Waals surface area contributed by atoms with Gasteiger partial charge in [0.15, 0.2) is 0 Å². The molecule has 0 atom stereocenters. The van der Waals surface area contributed by atoms with Crippen molar-refractivity contribution in [3.8, 4) is 0 Å². The highest BCUT2D eigenvalue weighted by Crippen LogP contribution is 2.36. The van der Waals surface area contributed by atoms with Crippen LogP contribution in [0.3, 0.4) is 0 Å². The van der Waals surface area contributed by atoms with Gasteiger partial charge in [0.2, 0.25) is 0 Å². The molecular weight excluding hydrogens is 461 g/mol. The summed E-state index contributed by atoms with van der Waals surface area (Å²) in [6.07, 6.45) is 0.544. The summed E-state index contributed by atoms with van der Waals surface area (Å²) in [5.74, 6) is -0.433. The van der Waals surface area contributed by atoms with Gasteiger partial charge in [0.05, 0.1) is 11.5 Å². The SMILES string of the molecule is CCCN(CCOS(=O)(=O)c1ccc(C)cc1)S(=O)(=O)c1sc2ccc(F)cc2c1C. The minimum atomic E-state index is -3.99. The second-order valence-corrected chi connectivity index (χ2v) is 11.9. The summed E-state index contributed by atoms with van der Waals surface area (Å²) in [6.45, 7) is 5.10. The molecule has 6 nitrogen and oxygen atoms in total. The van der Waals surface area contributed by atoms with Crippen LogP contribution in [0.5, 0.6) is 0 Å². The number of halogens is 1. The molecule has 1 heterocycles. The summed E-state index contributed by atoms with van der Waals surface area (Å²) < 4.78 is 72.1. The third kappa shape index (κ3) is 5.15. The normalized spacial score (nSPS) is 12.7. The monoisotopic (exact) mass is 485 g/mol. The van der Waals surface area contributed by atoms with Gasteiger partial charge in [-0.1, -0.05) is 24.6 Å². The van der Waals surface area contributed by atoms with Crippen molar-refractivity contribution in [2.75, 3.05) is 19.7 Å². The second-order valence-electron chi connectivity index (χ2n) is 7.15. The van der Waals surface area contributed by atoms with Crippen LogP contribution >= 0.6 is 11.3 Å². The Hall–Kier alpha value is -1.85. The zero-order valence-electron chi connectivity index (χ0n) is 17.5. The summed E-state index contributed by atoms with van der Waals surface area (Å²) in [6, 6.07) is 10.4. The smallest absolute Gasteiger partial charge is 0.265 e. The maximum absolute atomic E-state index is 13.6. The average molecular weight is 486 g/mol. The van der Waals surface area contributed by atoms with E-state index in [0.717, 1.165) is 16.9 Å². The number of thiophene rings is 1. The predicted octanol–water partition coefficient (Wildman–Crippen LogP) is 4.46. The number of hydrogen-bond acceptors (Lipinski definition) is 6. The van der Waals surface area contributed by atoms with E-state index < -0.39 is 26.0 Å².